The van der Waals surface area contributed by atoms with Crippen LogP contribution in [0.3, 0.4) is 0 Å². The van der Waals surface area contributed by atoms with Crippen LogP contribution in [0.4, 0.5) is 0 Å². The molecule has 11 nitrogen and oxygen atoms in total. The van der Waals surface area contributed by atoms with Gasteiger partial charge in [0.1, 0.15) is 13.2 Å². The molecule has 4 amide bonds. The summed E-state index contributed by atoms with van der Waals surface area (Å²) in [5, 5.41) is 0. The van der Waals surface area contributed by atoms with Crippen LogP contribution in [-0.2, 0) is 43.0 Å². The summed E-state index contributed by atoms with van der Waals surface area (Å²) in [6, 6.07) is 0. The fraction of sp³-hybridized carbons (Fsp3) is 0.643. The number of rotatable bonds is 18. The SMILES string of the molecule is C=CC(=O)N(C=O)CCCCCC(=O)OCC1(COC(=O)CCCCCN2C(=O)C=CC2=O)CCC2OC2C1. The largest absolute Gasteiger partial charge is 0.465 e. The zero-order valence-corrected chi connectivity index (χ0v) is 22.3. The molecule has 0 bridgehead atoms. The molecule has 3 rings (SSSR count). The summed E-state index contributed by atoms with van der Waals surface area (Å²) >= 11 is 0. The van der Waals surface area contributed by atoms with E-state index in [1.807, 2.05) is 0 Å². The number of imide groups is 2. The van der Waals surface area contributed by atoms with Crippen LogP contribution in [0.25, 0.3) is 0 Å². The number of hydrogen-bond acceptors (Lipinski definition) is 9. The predicted molar refractivity (Wildman–Crippen MR) is 138 cm³/mol. The molecular formula is C28H38N2O9. The molecule has 0 spiro atoms. The Hall–Kier alpha value is -3.34. The zero-order valence-electron chi connectivity index (χ0n) is 22.3. The van der Waals surface area contributed by atoms with Gasteiger partial charge >= 0.3 is 11.9 Å². The second-order valence-corrected chi connectivity index (χ2v) is 10.4. The van der Waals surface area contributed by atoms with Crippen LogP contribution in [0.2, 0.25) is 0 Å². The van der Waals surface area contributed by atoms with Crippen LogP contribution in [0.5, 0.6) is 0 Å². The smallest absolute Gasteiger partial charge is 0.305 e. The van der Waals surface area contributed by atoms with E-state index in [1.165, 1.54) is 17.1 Å². The fourth-order valence-corrected chi connectivity index (χ4v) is 4.93. The Labute approximate surface area is 228 Å². The van der Waals surface area contributed by atoms with Crippen LogP contribution in [0, 0.1) is 5.41 Å². The third-order valence-corrected chi connectivity index (χ3v) is 7.39. The average molecular weight is 547 g/mol. The molecular weight excluding hydrogens is 508 g/mol. The molecule has 1 aliphatic carbocycles. The number of esters is 2. The van der Waals surface area contributed by atoms with E-state index in [4.69, 9.17) is 14.2 Å². The molecule has 0 N–H and O–H groups in total. The third kappa shape index (κ3) is 9.42. The maximum Gasteiger partial charge on any atom is 0.305 e. The average Bonchev–Trinajstić information content (AvgIpc) is 3.64. The second-order valence-electron chi connectivity index (χ2n) is 10.4. The Morgan fingerprint density at radius 1 is 0.974 bits per heavy atom. The van der Waals surface area contributed by atoms with Crippen LogP contribution in [0.15, 0.2) is 24.8 Å². The van der Waals surface area contributed by atoms with Crippen molar-refractivity contribution >= 4 is 36.1 Å². The van der Waals surface area contributed by atoms with Gasteiger partial charge in [0, 0.05) is 43.5 Å². The lowest BCUT2D eigenvalue weighted by Crippen LogP contribution is -2.38. The second kappa shape index (κ2) is 14.7. The number of ether oxygens (including phenoxy) is 3. The first-order valence-electron chi connectivity index (χ1n) is 13.7. The van der Waals surface area contributed by atoms with E-state index in [1.54, 1.807) is 0 Å². The van der Waals surface area contributed by atoms with Gasteiger partial charge < -0.3 is 14.2 Å². The van der Waals surface area contributed by atoms with E-state index in [-0.39, 0.29) is 68.6 Å². The summed E-state index contributed by atoms with van der Waals surface area (Å²) in [7, 11) is 0. The van der Waals surface area contributed by atoms with Crippen LogP contribution >= 0.6 is 0 Å². The van der Waals surface area contributed by atoms with Gasteiger partial charge in [0.05, 0.1) is 12.2 Å². The van der Waals surface area contributed by atoms with Gasteiger partial charge in [-0.1, -0.05) is 19.4 Å². The van der Waals surface area contributed by atoms with Gasteiger partial charge in [-0.05, 0) is 51.0 Å². The highest BCUT2D eigenvalue weighted by atomic mass is 16.6. The summed E-state index contributed by atoms with van der Waals surface area (Å²) in [6.07, 6.45) is 10.8. The van der Waals surface area contributed by atoms with Crippen molar-refractivity contribution in [3.63, 3.8) is 0 Å². The minimum Gasteiger partial charge on any atom is -0.465 e. The Balaban J connectivity index is 1.32. The number of hydrogen-bond donors (Lipinski definition) is 0. The van der Waals surface area contributed by atoms with E-state index in [9.17, 15) is 28.8 Å². The van der Waals surface area contributed by atoms with Crippen LogP contribution < -0.4 is 0 Å². The Bertz CT molecular complexity index is 960. The summed E-state index contributed by atoms with van der Waals surface area (Å²) in [4.78, 5) is 72.5. The minimum absolute atomic E-state index is 0.112. The van der Waals surface area contributed by atoms with Gasteiger partial charge in [-0.25, -0.2) is 0 Å². The highest BCUT2D eigenvalue weighted by molar-refractivity contribution is 6.12. The van der Waals surface area contributed by atoms with E-state index >= 15 is 0 Å². The fourth-order valence-electron chi connectivity index (χ4n) is 4.93. The van der Waals surface area contributed by atoms with Crippen LogP contribution in [0.1, 0.15) is 70.6 Å². The van der Waals surface area contributed by atoms with Gasteiger partial charge in [-0.3, -0.25) is 38.6 Å². The van der Waals surface area contributed by atoms with Crippen molar-refractivity contribution in [2.24, 2.45) is 5.41 Å². The molecule has 2 heterocycles. The molecule has 11 heteroatoms. The van der Waals surface area contributed by atoms with Crippen LogP contribution in [-0.4, -0.2) is 84.4 Å². The number of nitrogens with zero attached hydrogens (tertiary/aromatic N) is 2. The van der Waals surface area contributed by atoms with Crippen molar-refractivity contribution in [2.75, 3.05) is 26.3 Å². The lowest BCUT2D eigenvalue weighted by atomic mass is 9.75. The van der Waals surface area contributed by atoms with Crippen molar-refractivity contribution < 1.29 is 43.0 Å². The first kappa shape index (κ1) is 30.2. The minimum atomic E-state index is -0.470. The predicted octanol–water partition coefficient (Wildman–Crippen LogP) is 2.23. The third-order valence-electron chi connectivity index (χ3n) is 7.39. The van der Waals surface area contributed by atoms with Crippen molar-refractivity contribution in [3.05, 3.63) is 24.8 Å². The van der Waals surface area contributed by atoms with Gasteiger partial charge in [-0.15, -0.1) is 0 Å². The molecule has 2 aliphatic heterocycles. The van der Waals surface area contributed by atoms with E-state index in [0.29, 0.717) is 57.9 Å². The molecule has 3 atom stereocenters. The van der Waals surface area contributed by atoms with Gasteiger partial charge in [0.25, 0.3) is 17.7 Å². The molecule has 39 heavy (non-hydrogen) atoms. The lowest BCUT2D eigenvalue weighted by molar-refractivity contribution is -0.156. The van der Waals surface area contributed by atoms with Crippen molar-refractivity contribution in [1.82, 2.24) is 9.80 Å². The summed E-state index contributed by atoms with van der Waals surface area (Å²) in [5.74, 6) is -1.71. The zero-order chi connectivity index (χ0) is 28.3. The Morgan fingerprint density at radius 3 is 2.15 bits per heavy atom. The molecule has 214 valence electrons. The molecule has 0 aromatic carbocycles. The Kier molecular flexibility index (Phi) is 11.4. The number of epoxide rings is 1. The lowest BCUT2D eigenvalue weighted by Gasteiger charge is -2.34. The molecule has 0 radical (unpaired) electrons. The summed E-state index contributed by atoms with van der Waals surface area (Å²) in [6.45, 7) is 4.29. The molecule has 1 saturated carbocycles. The number of amides is 4. The number of carbonyl (C=O) groups excluding carboxylic acids is 6. The number of fused-ring (bicyclic) bond motifs is 1. The van der Waals surface area contributed by atoms with Crippen molar-refractivity contribution in [1.29, 1.82) is 0 Å². The Morgan fingerprint density at radius 2 is 1.59 bits per heavy atom. The first-order valence-corrected chi connectivity index (χ1v) is 13.7. The monoisotopic (exact) mass is 546 g/mol. The molecule has 2 fully saturated rings. The molecule has 1 saturated heterocycles. The molecule has 3 aliphatic rings. The van der Waals surface area contributed by atoms with Gasteiger partial charge in [0.2, 0.25) is 6.41 Å². The van der Waals surface area contributed by atoms with Crippen molar-refractivity contribution in [2.45, 2.75) is 82.8 Å². The maximum absolute atomic E-state index is 12.4. The molecule has 0 aromatic heterocycles. The van der Waals surface area contributed by atoms with E-state index in [0.717, 1.165) is 23.8 Å². The standard InChI is InChI=1S/C28H38N2O9/c1-2-23(32)29(20-31)15-7-3-5-9-26(35)37-18-28(14-13-21-22(17-28)39-21)19-38-27(36)10-6-4-8-16-30-24(33)11-12-25(30)34/h2,11-12,20-22H,1,3-10,13-19H2. The molecule has 3 unspecified atom stereocenters. The van der Waals surface area contributed by atoms with Gasteiger partial charge in [-0.2, -0.15) is 0 Å². The summed E-state index contributed by atoms with van der Waals surface area (Å²) < 4.78 is 16.8. The topological polar surface area (TPSA) is 140 Å². The maximum atomic E-state index is 12.4. The highest BCUT2D eigenvalue weighted by Gasteiger charge is 2.51. The van der Waals surface area contributed by atoms with E-state index < -0.39 is 11.3 Å². The quantitative estimate of drug-likeness (QED) is 0.0632. The number of unbranched alkanes of at least 4 members (excludes halogenated alkanes) is 4. The highest BCUT2D eigenvalue weighted by Crippen LogP contribution is 2.47. The van der Waals surface area contributed by atoms with E-state index in [2.05, 4.69) is 6.58 Å². The number of carbonyl (C=O) groups is 6. The van der Waals surface area contributed by atoms with Crippen molar-refractivity contribution in [3.8, 4) is 0 Å². The summed E-state index contributed by atoms with van der Waals surface area (Å²) in [5.41, 5.74) is -0.470. The first-order chi connectivity index (χ1) is 18.8. The molecule has 0 aromatic rings. The van der Waals surface area contributed by atoms with Gasteiger partial charge in [0.15, 0.2) is 0 Å². The normalized spacial score (nSPS) is 23.2.